The van der Waals surface area contributed by atoms with E-state index in [1.807, 2.05) is 56.5 Å². The van der Waals surface area contributed by atoms with Crippen LogP contribution >= 0.6 is 0 Å². The molecule has 5 atom stereocenters. The Morgan fingerprint density at radius 2 is 1.37 bits per heavy atom. The van der Waals surface area contributed by atoms with E-state index in [-0.39, 0.29) is 47.2 Å². The molecule has 4 N–H and O–H groups in total. The van der Waals surface area contributed by atoms with Crippen molar-refractivity contribution in [3.05, 3.63) is 84.1 Å². The summed E-state index contributed by atoms with van der Waals surface area (Å²) in [6.07, 6.45) is 7.80. The van der Waals surface area contributed by atoms with E-state index in [1.54, 1.807) is 34.5 Å². The number of nitrogens with zero attached hydrogens (tertiary/aromatic N) is 6. The maximum absolute atomic E-state index is 16.9. The van der Waals surface area contributed by atoms with Gasteiger partial charge in [-0.05, 0) is 80.7 Å². The molecule has 4 amide bonds. The zero-order valence-corrected chi connectivity index (χ0v) is 38.8. The monoisotopic (exact) mass is 930 g/mol. The number of aromatic amines is 2. The zero-order chi connectivity index (χ0) is 47.5. The van der Waals surface area contributed by atoms with Gasteiger partial charge in [-0.15, -0.1) is 0 Å². The fourth-order valence-corrected chi connectivity index (χ4v) is 9.92. The van der Waals surface area contributed by atoms with Gasteiger partial charge in [-0.3, -0.25) is 14.2 Å². The summed E-state index contributed by atoms with van der Waals surface area (Å²) in [6.45, 7) is 8.52. The predicted molar refractivity (Wildman–Crippen MR) is 245 cm³/mol. The van der Waals surface area contributed by atoms with Crippen LogP contribution in [0.1, 0.15) is 114 Å². The van der Waals surface area contributed by atoms with Gasteiger partial charge in [0.25, 0.3) is 0 Å². The number of hydrogen-bond donors (Lipinski definition) is 4. The van der Waals surface area contributed by atoms with Crippen LogP contribution in [0.2, 0.25) is 0 Å². The number of fused-ring (bicyclic) bond motifs is 5. The number of hydrogen-bond acceptors (Lipinski definition) is 11. The Labute approximate surface area is 391 Å². The Kier molecular flexibility index (Phi) is 11.7. The second-order valence-corrected chi connectivity index (χ2v) is 18.8. The fourth-order valence-electron chi connectivity index (χ4n) is 9.92. The largest absolute Gasteiger partial charge is 0.463 e. The van der Waals surface area contributed by atoms with Gasteiger partial charge in [-0.2, -0.15) is 0 Å². The molecule has 18 nitrogen and oxygen atoms in total. The maximum atomic E-state index is 16.9. The highest BCUT2D eigenvalue weighted by atomic mass is 19.1. The molecule has 3 fully saturated rings. The minimum atomic E-state index is -0.789. The molecule has 4 aliphatic rings. The van der Waals surface area contributed by atoms with E-state index in [0.717, 1.165) is 47.8 Å². The third kappa shape index (κ3) is 8.10. The van der Waals surface area contributed by atoms with Gasteiger partial charge in [0.1, 0.15) is 47.3 Å². The van der Waals surface area contributed by atoms with Crippen LogP contribution in [0.15, 0.2) is 59.5 Å². The molecule has 3 aliphatic heterocycles. The highest BCUT2D eigenvalue weighted by Gasteiger charge is 2.40. The van der Waals surface area contributed by atoms with E-state index in [4.69, 9.17) is 28.6 Å². The summed E-state index contributed by atoms with van der Waals surface area (Å²) in [7, 11) is 2.54. The van der Waals surface area contributed by atoms with Crippen LogP contribution in [0.4, 0.5) is 14.0 Å². The molecular formula is C49H55FN10O8. The Balaban J connectivity index is 0.963. The molecular weight excluding hydrogens is 876 g/mol. The van der Waals surface area contributed by atoms with Gasteiger partial charge in [0.15, 0.2) is 5.89 Å². The van der Waals surface area contributed by atoms with Crippen LogP contribution < -0.4 is 15.4 Å². The van der Waals surface area contributed by atoms with Crippen molar-refractivity contribution in [3.8, 4) is 39.5 Å². The number of nitrogens with one attached hydrogen (secondary N) is 4. The van der Waals surface area contributed by atoms with Crippen molar-refractivity contribution in [2.45, 2.75) is 103 Å². The smallest absolute Gasteiger partial charge is 0.407 e. The van der Waals surface area contributed by atoms with Gasteiger partial charge in [0, 0.05) is 35.5 Å². The average molecular weight is 931 g/mol. The SMILES string of the molecule is COC(=O)N[C@H](C(=O)N1CCC[C@H]1c1ncc(-c2cc(F)c3c(c2)OC(c2coc(C4CC4)n2)n2c-3cc3cc(-c4cnc([C@@H]5CCCN5C(=O)[C@@H](NC(=O)OC)C(C)C)[nH]4)ccc32)[nH]1)C(C)C. The van der Waals surface area contributed by atoms with Gasteiger partial charge in [0.2, 0.25) is 18.0 Å². The molecule has 19 heteroatoms. The molecule has 7 heterocycles. The summed E-state index contributed by atoms with van der Waals surface area (Å²) < 4.78 is 41.1. The topological polar surface area (TPSA) is 215 Å². The van der Waals surface area contributed by atoms with Crippen LogP contribution in [0, 0.1) is 17.7 Å². The lowest BCUT2D eigenvalue weighted by molar-refractivity contribution is -0.136. The third-order valence-electron chi connectivity index (χ3n) is 13.6. The molecule has 6 aromatic rings. The van der Waals surface area contributed by atoms with Crippen molar-refractivity contribution >= 4 is 34.9 Å². The number of H-pyrrole nitrogens is 2. The lowest BCUT2D eigenvalue weighted by Crippen LogP contribution is -2.51. The first kappa shape index (κ1) is 44.6. The molecule has 1 unspecified atom stereocenters. The van der Waals surface area contributed by atoms with Gasteiger partial charge in [0.05, 0.1) is 66.9 Å². The number of carbonyl (C=O) groups excluding carboxylic acids is 4. The fraction of sp³-hybridized carbons (Fsp3) is 0.449. The summed E-state index contributed by atoms with van der Waals surface area (Å²) in [5.74, 6) is 1.16. The second kappa shape index (κ2) is 17.8. The Morgan fingerprint density at radius 3 is 1.93 bits per heavy atom. The van der Waals surface area contributed by atoms with Crippen LogP contribution in [-0.4, -0.2) is 103 Å². The number of carbonyl (C=O) groups is 4. The minimum Gasteiger partial charge on any atom is -0.463 e. The number of imidazole rings is 2. The number of benzene rings is 2. The highest BCUT2D eigenvalue weighted by molar-refractivity contribution is 5.93. The molecule has 2 saturated heterocycles. The molecule has 4 aromatic heterocycles. The summed E-state index contributed by atoms with van der Waals surface area (Å²) in [5, 5.41) is 6.20. The summed E-state index contributed by atoms with van der Waals surface area (Å²) in [6, 6.07) is 8.96. The first-order valence-electron chi connectivity index (χ1n) is 23.3. The maximum Gasteiger partial charge on any atom is 0.407 e. The van der Waals surface area contributed by atoms with Crippen molar-refractivity contribution in [3.63, 3.8) is 0 Å². The molecule has 10 rings (SSSR count). The second-order valence-electron chi connectivity index (χ2n) is 18.8. The van der Waals surface area contributed by atoms with Gasteiger partial charge >= 0.3 is 12.2 Å². The molecule has 1 saturated carbocycles. The van der Waals surface area contributed by atoms with Crippen LogP contribution in [0.3, 0.4) is 0 Å². The summed E-state index contributed by atoms with van der Waals surface area (Å²) in [4.78, 5) is 76.5. The third-order valence-corrected chi connectivity index (χ3v) is 13.6. The standard InChI is InChI=1S/C49H55FN10O8/c1-24(2)40(56-48(63)65-5)45(61)58-15-7-9-35(58)42-51-21-31(53-42)27-13-14-34-29(17-27)19-37-39-30(50)18-28(20-38(39)68-47(60(34)37)33-23-67-44(55-33)26-11-12-26)32-22-52-43(54-32)36-10-8-16-59(36)46(62)41(25(3)4)57-49(64)66-6/h13-14,17-26,35-36,40-41,47H,7-12,15-16H2,1-6H3,(H,51,53)(H,52,54)(H,56,63)(H,57,64)/t35-,36-,40-,41-,47?/m0/s1. The molecule has 0 bridgehead atoms. The number of aromatic nitrogens is 6. The number of rotatable bonds is 12. The number of methoxy groups -OCH3 is 2. The van der Waals surface area contributed by atoms with Crippen LogP contribution in [0.5, 0.6) is 5.75 Å². The number of amides is 4. The molecule has 356 valence electrons. The summed E-state index contributed by atoms with van der Waals surface area (Å²) >= 11 is 0. The highest BCUT2D eigenvalue weighted by Crippen LogP contribution is 2.48. The Bertz CT molecular complexity index is 2910. The number of alkyl carbamates (subject to hydrolysis) is 2. The minimum absolute atomic E-state index is 0.159. The van der Waals surface area contributed by atoms with Gasteiger partial charge < -0.3 is 49.0 Å². The molecule has 1 aliphatic carbocycles. The van der Waals surface area contributed by atoms with E-state index in [9.17, 15) is 19.2 Å². The molecule has 0 spiro atoms. The molecule has 2 aromatic carbocycles. The van der Waals surface area contributed by atoms with Crippen molar-refractivity contribution in [1.29, 1.82) is 0 Å². The number of ether oxygens (including phenoxy) is 3. The van der Waals surface area contributed by atoms with Crippen LogP contribution in [0.25, 0.3) is 44.7 Å². The van der Waals surface area contributed by atoms with Crippen molar-refractivity contribution < 1.29 is 42.2 Å². The predicted octanol–water partition coefficient (Wildman–Crippen LogP) is 8.12. The lowest BCUT2D eigenvalue weighted by atomic mass is 10.0. The van der Waals surface area contributed by atoms with Gasteiger partial charge in [-0.25, -0.2) is 28.9 Å². The van der Waals surface area contributed by atoms with Crippen LogP contribution in [-0.2, 0) is 19.1 Å². The van der Waals surface area contributed by atoms with E-state index < -0.39 is 36.3 Å². The van der Waals surface area contributed by atoms with E-state index >= 15 is 4.39 Å². The lowest BCUT2D eigenvalue weighted by Gasteiger charge is -2.30. The molecule has 68 heavy (non-hydrogen) atoms. The Hall–Kier alpha value is -7.18. The van der Waals surface area contributed by atoms with Crippen molar-refractivity contribution in [1.82, 2.24) is 49.9 Å². The van der Waals surface area contributed by atoms with E-state index in [0.29, 0.717) is 71.9 Å². The van der Waals surface area contributed by atoms with Gasteiger partial charge in [-0.1, -0.05) is 33.8 Å². The quantitative estimate of drug-likeness (QED) is 0.0919. The molecule has 0 radical (unpaired) electrons. The average Bonchev–Trinajstić information content (AvgIpc) is 4.05. The summed E-state index contributed by atoms with van der Waals surface area (Å²) in [5.41, 5.74) is 4.86. The first-order chi connectivity index (χ1) is 32.8. The normalized spacial score (nSPS) is 19.8. The number of oxazole rings is 1. The van der Waals surface area contributed by atoms with E-state index in [1.165, 1.54) is 20.3 Å². The zero-order valence-electron chi connectivity index (χ0n) is 38.8. The Morgan fingerprint density at radius 1 is 0.779 bits per heavy atom. The first-order valence-corrected chi connectivity index (χ1v) is 23.3. The number of likely N-dealkylation sites (tertiary alicyclic amines) is 2. The van der Waals surface area contributed by atoms with Crippen molar-refractivity contribution in [2.75, 3.05) is 27.3 Å². The van der Waals surface area contributed by atoms with Crippen molar-refractivity contribution in [2.24, 2.45) is 11.8 Å². The number of halogens is 1. The van der Waals surface area contributed by atoms with E-state index in [2.05, 4.69) is 25.6 Å².